The number of rotatable bonds is 4. The lowest BCUT2D eigenvalue weighted by Crippen LogP contribution is -1.99. The van der Waals surface area contributed by atoms with Crippen molar-refractivity contribution in [3.8, 4) is 5.75 Å². The van der Waals surface area contributed by atoms with Gasteiger partial charge in [0.05, 0.1) is 13.2 Å². The maximum absolute atomic E-state index is 9.09. The Morgan fingerprint density at radius 2 is 2.08 bits per heavy atom. The maximum atomic E-state index is 9.09. The van der Waals surface area contributed by atoms with E-state index in [0.717, 1.165) is 23.3 Å². The van der Waals surface area contributed by atoms with Crippen LogP contribution in [0.1, 0.15) is 25.0 Å². The first kappa shape index (κ1) is 10.1. The molecule has 0 bridgehead atoms. The van der Waals surface area contributed by atoms with E-state index in [-0.39, 0.29) is 6.61 Å². The second-order valence-electron chi connectivity index (χ2n) is 2.84. The Morgan fingerprint density at radius 1 is 1.31 bits per heavy atom. The van der Waals surface area contributed by atoms with E-state index in [2.05, 4.69) is 6.92 Å². The number of hydrogen-bond donors (Lipinski definition) is 1. The van der Waals surface area contributed by atoms with Gasteiger partial charge < -0.3 is 9.84 Å². The number of hydrogen-bond acceptors (Lipinski definition) is 2. The highest BCUT2D eigenvalue weighted by Gasteiger charge is 2.05. The van der Waals surface area contributed by atoms with Gasteiger partial charge in [0.15, 0.2) is 0 Å². The van der Waals surface area contributed by atoms with Gasteiger partial charge in [0.1, 0.15) is 5.75 Å². The van der Waals surface area contributed by atoms with Crippen molar-refractivity contribution >= 4 is 0 Å². The summed E-state index contributed by atoms with van der Waals surface area (Å²) in [7, 11) is 0. The molecule has 2 nitrogen and oxygen atoms in total. The molecule has 2 heteroatoms. The predicted octanol–water partition coefficient (Wildman–Crippen LogP) is 2.14. The summed E-state index contributed by atoms with van der Waals surface area (Å²) in [4.78, 5) is 0. The smallest absolute Gasteiger partial charge is 0.122 e. The summed E-state index contributed by atoms with van der Waals surface area (Å²) >= 11 is 0. The van der Waals surface area contributed by atoms with E-state index in [9.17, 15) is 0 Å². The summed E-state index contributed by atoms with van der Waals surface area (Å²) in [5, 5.41) is 9.09. The van der Waals surface area contributed by atoms with Crippen LogP contribution < -0.4 is 4.74 Å². The van der Waals surface area contributed by atoms with Gasteiger partial charge in [-0.1, -0.05) is 19.1 Å². The van der Waals surface area contributed by atoms with Crippen LogP contribution in [0.5, 0.6) is 5.75 Å². The molecule has 0 amide bonds. The van der Waals surface area contributed by atoms with Crippen LogP contribution in [0.25, 0.3) is 0 Å². The molecule has 1 aromatic carbocycles. The molecule has 13 heavy (non-hydrogen) atoms. The topological polar surface area (TPSA) is 29.5 Å². The number of ether oxygens (including phenoxy) is 1. The Hall–Kier alpha value is -1.02. The second-order valence-corrected chi connectivity index (χ2v) is 2.84. The van der Waals surface area contributed by atoms with E-state index < -0.39 is 0 Å². The molecular weight excluding hydrogens is 164 g/mol. The summed E-state index contributed by atoms with van der Waals surface area (Å²) in [6.45, 7) is 4.79. The van der Waals surface area contributed by atoms with Crippen molar-refractivity contribution in [1.82, 2.24) is 0 Å². The van der Waals surface area contributed by atoms with Crippen LogP contribution >= 0.6 is 0 Å². The van der Waals surface area contributed by atoms with Gasteiger partial charge >= 0.3 is 0 Å². The zero-order valence-corrected chi connectivity index (χ0v) is 8.21. The van der Waals surface area contributed by atoms with Crippen molar-refractivity contribution in [1.29, 1.82) is 0 Å². The largest absolute Gasteiger partial charge is 0.494 e. The summed E-state index contributed by atoms with van der Waals surface area (Å²) in [6.07, 6.45) is 0.895. The van der Waals surface area contributed by atoms with Crippen molar-refractivity contribution in [2.45, 2.75) is 26.9 Å². The molecule has 0 aliphatic heterocycles. The summed E-state index contributed by atoms with van der Waals surface area (Å²) < 4.78 is 5.46. The first-order valence-electron chi connectivity index (χ1n) is 4.67. The molecule has 0 saturated carbocycles. The number of benzene rings is 1. The molecule has 0 aromatic heterocycles. The highest BCUT2D eigenvalue weighted by atomic mass is 16.5. The van der Waals surface area contributed by atoms with Crippen LogP contribution in [0, 0.1) is 0 Å². The molecule has 0 saturated heterocycles. The van der Waals surface area contributed by atoms with E-state index in [1.807, 2.05) is 25.1 Å². The van der Waals surface area contributed by atoms with Crippen molar-refractivity contribution in [2.75, 3.05) is 6.61 Å². The molecule has 1 N–H and O–H groups in total. The number of aliphatic hydroxyl groups is 1. The normalized spacial score (nSPS) is 10.1. The van der Waals surface area contributed by atoms with E-state index >= 15 is 0 Å². The summed E-state index contributed by atoms with van der Waals surface area (Å²) in [5.41, 5.74) is 2.08. The maximum Gasteiger partial charge on any atom is 0.122 e. The van der Waals surface area contributed by atoms with Gasteiger partial charge in [-0.25, -0.2) is 0 Å². The van der Waals surface area contributed by atoms with Crippen LogP contribution in [-0.2, 0) is 13.0 Å². The monoisotopic (exact) mass is 180 g/mol. The van der Waals surface area contributed by atoms with Gasteiger partial charge in [-0.2, -0.15) is 0 Å². The molecule has 1 rings (SSSR count). The van der Waals surface area contributed by atoms with E-state index in [1.54, 1.807) is 0 Å². The minimum Gasteiger partial charge on any atom is -0.494 e. The average Bonchev–Trinajstić information content (AvgIpc) is 2.18. The van der Waals surface area contributed by atoms with Gasteiger partial charge in [0.2, 0.25) is 0 Å². The molecule has 0 fully saturated rings. The molecule has 0 spiro atoms. The molecule has 0 aliphatic rings. The first-order valence-corrected chi connectivity index (χ1v) is 4.67. The van der Waals surface area contributed by atoms with Gasteiger partial charge in [0.25, 0.3) is 0 Å². The summed E-state index contributed by atoms with van der Waals surface area (Å²) in [5.74, 6) is 0.900. The molecule has 0 unspecified atom stereocenters. The van der Waals surface area contributed by atoms with Crippen molar-refractivity contribution in [3.05, 3.63) is 29.3 Å². The minimum atomic E-state index is 0.0874. The average molecular weight is 180 g/mol. The van der Waals surface area contributed by atoms with Crippen LogP contribution in [0.15, 0.2) is 18.2 Å². The highest BCUT2D eigenvalue weighted by Crippen LogP contribution is 2.22. The second kappa shape index (κ2) is 4.87. The van der Waals surface area contributed by atoms with E-state index in [0.29, 0.717) is 6.61 Å². The first-order chi connectivity index (χ1) is 6.33. The van der Waals surface area contributed by atoms with Crippen LogP contribution in [0.2, 0.25) is 0 Å². The third kappa shape index (κ3) is 2.22. The molecular formula is C11H16O2. The Labute approximate surface area is 79.2 Å². The van der Waals surface area contributed by atoms with Gasteiger partial charge in [-0.3, -0.25) is 0 Å². The highest BCUT2D eigenvalue weighted by molar-refractivity contribution is 5.39. The lowest BCUT2D eigenvalue weighted by Gasteiger charge is -2.11. The zero-order valence-electron chi connectivity index (χ0n) is 8.21. The lowest BCUT2D eigenvalue weighted by molar-refractivity contribution is 0.278. The van der Waals surface area contributed by atoms with E-state index in [4.69, 9.17) is 9.84 Å². The standard InChI is InChI=1S/C11H16O2/c1-3-10-9(8-12)6-5-7-11(10)13-4-2/h5-7,12H,3-4,8H2,1-2H3. The van der Waals surface area contributed by atoms with Crippen LogP contribution in [0.3, 0.4) is 0 Å². The fourth-order valence-corrected chi connectivity index (χ4v) is 1.45. The third-order valence-corrected chi connectivity index (χ3v) is 2.05. The fraction of sp³-hybridized carbons (Fsp3) is 0.455. The molecule has 0 aliphatic carbocycles. The Bertz CT molecular complexity index is 269. The fourth-order valence-electron chi connectivity index (χ4n) is 1.45. The Balaban J connectivity index is 3.03. The zero-order chi connectivity index (χ0) is 9.68. The van der Waals surface area contributed by atoms with Crippen LogP contribution in [0.4, 0.5) is 0 Å². The van der Waals surface area contributed by atoms with Crippen LogP contribution in [-0.4, -0.2) is 11.7 Å². The minimum absolute atomic E-state index is 0.0874. The summed E-state index contributed by atoms with van der Waals surface area (Å²) in [6, 6.07) is 5.79. The number of aliphatic hydroxyl groups excluding tert-OH is 1. The molecule has 0 atom stereocenters. The predicted molar refractivity (Wildman–Crippen MR) is 52.9 cm³/mol. The van der Waals surface area contributed by atoms with Crippen molar-refractivity contribution < 1.29 is 9.84 Å². The van der Waals surface area contributed by atoms with E-state index in [1.165, 1.54) is 0 Å². The van der Waals surface area contributed by atoms with Crippen molar-refractivity contribution in [3.63, 3.8) is 0 Å². The SMILES string of the molecule is CCOc1cccc(CO)c1CC. The third-order valence-electron chi connectivity index (χ3n) is 2.05. The Morgan fingerprint density at radius 3 is 2.62 bits per heavy atom. The van der Waals surface area contributed by atoms with Gasteiger partial charge in [-0.05, 0) is 30.5 Å². The van der Waals surface area contributed by atoms with Gasteiger partial charge in [-0.15, -0.1) is 0 Å². The molecule has 0 radical (unpaired) electrons. The lowest BCUT2D eigenvalue weighted by atomic mass is 10.0. The molecule has 0 heterocycles. The Kier molecular flexibility index (Phi) is 3.77. The quantitative estimate of drug-likeness (QED) is 0.769. The molecule has 1 aromatic rings. The van der Waals surface area contributed by atoms with Gasteiger partial charge in [0, 0.05) is 0 Å². The van der Waals surface area contributed by atoms with Crippen molar-refractivity contribution in [2.24, 2.45) is 0 Å². The molecule has 72 valence electrons.